The second-order valence-electron chi connectivity index (χ2n) is 6.29. The van der Waals surface area contributed by atoms with Gasteiger partial charge in [-0.3, -0.25) is 9.48 Å². The average molecular weight is 398 g/mol. The lowest BCUT2D eigenvalue weighted by Crippen LogP contribution is -2.12. The normalized spacial score (nSPS) is 12.4. The largest absolute Gasteiger partial charge is 0.309 e. The highest BCUT2D eigenvalue weighted by molar-refractivity contribution is 7.98. The molecule has 1 unspecified atom stereocenters. The van der Waals surface area contributed by atoms with E-state index in [4.69, 9.17) is 0 Å². The van der Waals surface area contributed by atoms with Crippen molar-refractivity contribution in [3.8, 4) is 0 Å². The molecule has 0 aliphatic carbocycles. The molecule has 0 amide bonds. The van der Waals surface area contributed by atoms with Crippen LogP contribution in [0.15, 0.2) is 59.5 Å². The summed E-state index contributed by atoms with van der Waals surface area (Å²) in [6.45, 7) is 0. The van der Waals surface area contributed by atoms with Gasteiger partial charge in [0, 0.05) is 7.05 Å². The number of halogens is 2. The number of benzene rings is 2. The number of H-pyrrole nitrogens is 1. The fraction of sp³-hybridized carbons (Fsp3) is 0.150. The van der Waals surface area contributed by atoms with Crippen molar-refractivity contribution < 1.29 is 8.78 Å². The Hall–Kier alpha value is -3.00. The van der Waals surface area contributed by atoms with Gasteiger partial charge in [0.15, 0.2) is 17.3 Å². The molecule has 0 radical (unpaired) electrons. The van der Waals surface area contributed by atoms with Crippen LogP contribution >= 0.6 is 11.8 Å². The maximum absolute atomic E-state index is 13.8. The molecule has 142 valence electrons. The first kappa shape index (κ1) is 18.4. The number of thioether (sulfide) groups is 1. The molecule has 28 heavy (non-hydrogen) atoms. The highest BCUT2D eigenvalue weighted by Crippen LogP contribution is 2.37. The standard InChI is InChI=1S/C20H16F2N4OS/c1-26-19-14(10-23-26)20(27)25-17(24-19)11-28-18(12-5-3-2-4-6-12)13-7-8-15(21)16(22)9-13/h2-10,18H,11H2,1H3,(H,24,25,27). The summed E-state index contributed by atoms with van der Waals surface area (Å²) in [7, 11) is 1.72. The van der Waals surface area contributed by atoms with Crippen molar-refractivity contribution in [2.24, 2.45) is 7.05 Å². The van der Waals surface area contributed by atoms with E-state index in [1.807, 2.05) is 30.3 Å². The van der Waals surface area contributed by atoms with Crippen molar-refractivity contribution in [1.29, 1.82) is 0 Å². The summed E-state index contributed by atoms with van der Waals surface area (Å²) in [5, 5.41) is 4.24. The molecule has 0 aliphatic heterocycles. The van der Waals surface area contributed by atoms with Crippen molar-refractivity contribution in [3.05, 3.63) is 93.7 Å². The maximum atomic E-state index is 13.8. The number of aromatic nitrogens is 4. The molecule has 4 rings (SSSR count). The zero-order chi connectivity index (χ0) is 19.7. The lowest BCUT2D eigenvalue weighted by molar-refractivity contribution is 0.507. The average Bonchev–Trinajstić information content (AvgIpc) is 3.07. The van der Waals surface area contributed by atoms with Crippen LogP contribution in [0.1, 0.15) is 22.2 Å². The molecule has 0 spiro atoms. The molecule has 0 saturated carbocycles. The maximum Gasteiger partial charge on any atom is 0.262 e. The third kappa shape index (κ3) is 3.55. The molecule has 1 atom stereocenters. The third-order valence-corrected chi connectivity index (χ3v) is 5.70. The second kappa shape index (κ2) is 7.55. The van der Waals surface area contributed by atoms with E-state index in [1.165, 1.54) is 24.0 Å². The Bertz CT molecular complexity index is 1190. The van der Waals surface area contributed by atoms with E-state index in [1.54, 1.807) is 17.8 Å². The van der Waals surface area contributed by atoms with E-state index in [9.17, 15) is 13.6 Å². The topological polar surface area (TPSA) is 63.6 Å². The molecule has 2 heterocycles. The van der Waals surface area contributed by atoms with Crippen molar-refractivity contribution in [3.63, 3.8) is 0 Å². The number of nitrogens with one attached hydrogen (secondary N) is 1. The summed E-state index contributed by atoms with van der Waals surface area (Å²) in [6, 6.07) is 13.5. The van der Waals surface area contributed by atoms with Crippen molar-refractivity contribution >= 4 is 22.8 Å². The van der Waals surface area contributed by atoms with Gasteiger partial charge in [0.1, 0.15) is 11.2 Å². The Morgan fingerprint density at radius 2 is 1.89 bits per heavy atom. The van der Waals surface area contributed by atoms with Crippen LogP contribution in [-0.4, -0.2) is 19.7 Å². The van der Waals surface area contributed by atoms with Crippen molar-refractivity contribution in [1.82, 2.24) is 19.7 Å². The van der Waals surface area contributed by atoms with Crippen LogP contribution in [0.5, 0.6) is 0 Å². The van der Waals surface area contributed by atoms with Crippen LogP contribution in [0.4, 0.5) is 8.78 Å². The molecule has 0 bridgehead atoms. The first-order chi connectivity index (χ1) is 13.5. The fourth-order valence-electron chi connectivity index (χ4n) is 3.00. The summed E-state index contributed by atoms with van der Waals surface area (Å²) in [6.07, 6.45) is 1.48. The van der Waals surface area contributed by atoms with Crippen LogP contribution in [-0.2, 0) is 12.8 Å². The van der Waals surface area contributed by atoms with Gasteiger partial charge < -0.3 is 4.98 Å². The number of aryl methyl sites for hydroxylation is 1. The zero-order valence-electron chi connectivity index (χ0n) is 14.9. The minimum absolute atomic E-state index is 0.246. The number of rotatable bonds is 5. The Morgan fingerprint density at radius 1 is 1.11 bits per heavy atom. The Kier molecular flexibility index (Phi) is 4.95. The summed E-state index contributed by atoms with van der Waals surface area (Å²) >= 11 is 1.47. The van der Waals surface area contributed by atoms with Gasteiger partial charge in [0.05, 0.1) is 17.2 Å². The van der Waals surface area contributed by atoms with Gasteiger partial charge in [0.2, 0.25) is 0 Å². The summed E-state index contributed by atoms with van der Waals surface area (Å²) in [4.78, 5) is 19.5. The molecular weight excluding hydrogens is 382 g/mol. The van der Waals surface area contributed by atoms with E-state index in [0.717, 1.165) is 11.6 Å². The Morgan fingerprint density at radius 3 is 2.64 bits per heavy atom. The summed E-state index contributed by atoms with van der Waals surface area (Å²) < 4.78 is 28.7. The second-order valence-corrected chi connectivity index (χ2v) is 7.39. The molecule has 2 aromatic carbocycles. The van der Waals surface area contributed by atoms with Gasteiger partial charge in [-0.05, 0) is 23.3 Å². The first-order valence-corrected chi connectivity index (χ1v) is 9.60. The zero-order valence-corrected chi connectivity index (χ0v) is 15.7. The molecule has 0 saturated heterocycles. The Balaban J connectivity index is 1.67. The lowest BCUT2D eigenvalue weighted by atomic mass is 10.0. The molecule has 1 N–H and O–H groups in total. The minimum atomic E-state index is -0.887. The van der Waals surface area contributed by atoms with Gasteiger partial charge in [-0.1, -0.05) is 36.4 Å². The van der Waals surface area contributed by atoms with E-state index in [-0.39, 0.29) is 10.8 Å². The number of hydrogen-bond donors (Lipinski definition) is 1. The molecule has 5 nitrogen and oxygen atoms in total. The van der Waals surface area contributed by atoms with E-state index in [0.29, 0.717) is 28.2 Å². The van der Waals surface area contributed by atoms with Gasteiger partial charge >= 0.3 is 0 Å². The van der Waals surface area contributed by atoms with E-state index >= 15 is 0 Å². The summed E-state index contributed by atoms with van der Waals surface area (Å²) in [5.41, 5.74) is 1.84. The van der Waals surface area contributed by atoms with Crippen LogP contribution in [0, 0.1) is 11.6 Å². The fourth-order valence-corrected chi connectivity index (χ4v) is 4.15. The van der Waals surface area contributed by atoms with Crippen molar-refractivity contribution in [2.75, 3.05) is 0 Å². The van der Waals surface area contributed by atoms with Gasteiger partial charge in [-0.25, -0.2) is 13.8 Å². The molecule has 2 aromatic heterocycles. The third-order valence-electron chi connectivity index (χ3n) is 4.39. The number of hydrogen-bond acceptors (Lipinski definition) is 4. The number of aromatic amines is 1. The molecular formula is C20H16F2N4OS. The van der Waals surface area contributed by atoms with Crippen LogP contribution < -0.4 is 5.56 Å². The van der Waals surface area contributed by atoms with Crippen molar-refractivity contribution in [2.45, 2.75) is 11.0 Å². The smallest absolute Gasteiger partial charge is 0.262 e. The molecule has 8 heteroatoms. The molecule has 0 fully saturated rings. The summed E-state index contributed by atoms with van der Waals surface area (Å²) in [5.74, 6) is -0.890. The lowest BCUT2D eigenvalue weighted by Gasteiger charge is -2.18. The predicted octanol–water partition coefficient (Wildman–Crippen LogP) is 3.96. The first-order valence-electron chi connectivity index (χ1n) is 8.55. The predicted molar refractivity (Wildman–Crippen MR) is 105 cm³/mol. The van der Waals surface area contributed by atoms with Crippen LogP contribution in [0.2, 0.25) is 0 Å². The quantitative estimate of drug-likeness (QED) is 0.553. The highest BCUT2D eigenvalue weighted by atomic mass is 32.2. The number of nitrogens with zero attached hydrogens (tertiary/aromatic N) is 3. The van der Waals surface area contributed by atoms with Crippen LogP contribution in [0.3, 0.4) is 0 Å². The van der Waals surface area contributed by atoms with Gasteiger partial charge in [-0.15, -0.1) is 11.8 Å². The van der Waals surface area contributed by atoms with Gasteiger partial charge in [0.25, 0.3) is 5.56 Å². The SMILES string of the molecule is Cn1ncc2c(=O)[nH]c(CSC(c3ccccc3)c3ccc(F)c(F)c3)nc21. The van der Waals surface area contributed by atoms with E-state index < -0.39 is 11.6 Å². The van der Waals surface area contributed by atoms with E-state index in [2.05, 4.69) is 15.1 Å². The monoisotopic (exact) mass is 398 g/mol. The number of fused-ring (bicyclic) bond motifs is 1. The molecule has 0 aliphatic rings. The minimum Gasteiger partial charge on any atom is -0.309 e. The van der Waals surface area contributed by atoms with Gasteiger partial charge in [-0.2, -0.15) is 5.10 Å². The molecule has 4 aromatic rings. The Labute approximate surface area is 163 Å². The highest BCUT2D eigenvalue weighted by Gasteiger charge is 2.18. The van der Waals surface area contributed by atoms with Crippen LogP contribution in [0.25, 0.3) is 11.0 Å².